The maximum absolute atomic E-state index is 5.73. The van der Waals surface area contributed by atoms with Crippen LogP contribution in [0.1, 0.15) is 29.2 Å². The van der Waals surface area contributed by atoms with Crippen molar-refractivity contribution in [3.8, 4) is 0 Å². The number of nitrogens with two attached hydrogens (primary N) is 1. The topological polar surface area (TPSA) is 38.0 Å². The van der Waals surface area contributed by atoms with Gasteiger partial charge in [-0.1, -0.05) is 26.0 Å². The zero-order chi connectivity index (χ0) is 13.9. The second-order valence-corrected chi connectivity index (χ2v) is 6.99. The van der Waals surface area contributed by atoms with Crippen molar-refractivity contribution in [2.75, 3.05) is 12.3 Å². The van der Waals surface area contributed by atoms with E-state index in [1.807, 2.05) is 23.5 Å². The van der Waals surface area contributed by atoms with Crippen LogP contribution in [0.5, 0.6) is 0 Å². The predicted molar refractivity (Wildman–Crippen MR) is 84.6 cm³/mol. The summed E-state index contributed by atoms with van der Waals surface area (Å²) < 4.78 is 0. The van der Waals surface area contributed by atoms with Crippen LogP contribution in [-0.4, -0.2) is 6.54 Å². The second-order valence-electron chi connectivity index (χ2n) is 5.62. The number of nitrogen functional groups attached to an aromatic ring is 1. The van der Waals surface area contributed by atoms with Gasteiger partial charge in [0.05, 0.1) is 0 Å². The smallest absolute Gasteiger partial charge is 0.0314 e. The zero-order valence-electron chi connectivity index (χ0n) is 11.9. The van der Waals surface area contributed by atoms with E-state index in [1.165, 1.54) is 15.3 Å². The number of rotatable bonds is 5. The van der Waals surface area contributed by atoms with E-state index in [1.54, 1.807) is 0 Å². The minimum absolute atomic E-state index is 0.111. The molecule has 0 amide bonds. The van der Waals surface area contributed by atoms with E-state index in [-0.39, 0.29) is 5.41 Å². The molecule has 0 fully saturated rings. The van der Waals surface area contributed by atoms with E-state index in [2.05, 4.69) is 50.4 Å². The van der Waals surface area contributed by atoms with Gasteiger partial charge in [-0.25, -0.2) is 0 Å². The molecule has 0 saturated heterocycles. The van der Waals surface area contributed by atoms with Gasteiger partial charge in [-0.2, -0.15) is 0 Å². The summed E-state index contributed by atoms with van der Waals surface area (Å²) in [5.41, 5.74) is 7.98. The molecule has 3 heteroatoms. The lowest BCUT2D eigenvalue weighted by Gasteiger charge is -2.25. The average molecular weight is 274 g/mol. The van der Waals surface area contributed by atoms with Gasteiger partial charge in [0.15, 0.2) is 0 Å². The number of hydrogen-bond donors (Lipinski definition) is 2. The van der Waals surface area contributed by atoms with Crippen LogP contribution in [0.4, 0.5) is 5.69 Å². The summed E-state index contributed by atoms with van der Waals surface area (Å²) in [4.78, 5) is 2.76. The van der Waals surface area contributed by atoms with Crippen LogP contribution in [0, 0.1) is 6.92 Å². The van der Waals surface area contributed by atoms with Gasteiger partial charge in [0, 0.05) is 33.9 Å². The van der Waals surface area contributed by atoms with Gasteiger partial charge < -0.3 is 11.1 Å². The largest absolute Gasteiger partial charge is 0.399 e. The number of thiophene rings is 1. The molecular formula is C16H22N2S. The molecule has 102 valence electrons. The summed E-state index contributed by atoms with van der Waals surface area (Å²) in [6.45, 7) is 8.55. The fourth-order valence-corrected chi connectivity index (χ4v) is 2.97. The van der Waals surface area contributed by atoms with Gasteiger partial charge in [0.2, 0.25) is 0 Å². The van der Waals surface area contributed by atoms with E-state index in [4.69, 9.17) is 5.73 Å². The number of aryl methyl sites for hydroxylation is 1. The minimum Gasteiger partial charge on any atom is -0.399 e. The van der Waals surface area contributed by atoms with Gasteiger partial charge >= 0.3 is 0 Å². The Morgan fingerprint density at radius 3 is 2.37 bits per heavy atom. The number of anilines is 1. The van der Waals surface area contributed by atoms with E-state index in [0.29, 0.717) is 0 Å². The van der Waals surface area contributed by atoms with Gasteiger partial charge in [-0.05, 0) is 36.8 Å². The lowest BCUT2D eigenvalue weighted by molar-refractivity contribution is 0.470. The Balaban J connectivity index is 1.92. The fraction of sp³-hybridized carbons (Fsp3) is 0.375. The van der Waals surface area contributed by atoms with Crippen LogP contribution < -0.4 is 11.1 Å². The fourth-order valence-electron chi connectivity index (χ4n) is 2.11. The summed E-state index contributed by atoms with van der Waals surface area (Å²) in [5, 5.41) is 3.55. The molecule has 3 N–H and O–H groups in total. The highest BCUT2D eigenvalue weighted by molar-refractivity contribution is 7.11. The van der Waals surface area contributed by atoms with Crippen molar-refractivity contribution in [1.29, 1.82) is 0 Å². The maximum atomic E-state index is 5.73. The van der Waals surface area contributed by atoms with Crippen LogP contribution in [0.25, 0.3) is 0 Å². The molecule has 0 saturated carbocycles. The molecule has 2 aromatic rings. The monoisotopic (exact) mass is 274 g/mol. The normalized spacial score (nSPS) is 11.7. The van der Waals surface area contributed by atoms with Crippen LogP contribution in [0.3, 0.4) is 0 Å². The zero-order valence-corrected chi connectivity index (χ0v) is 12.7. The van der Waals surface area contributed by atoms with Crippen molar-refractivity contribution < 1.29 is 0 Å². The minimum atomic E-state index is 0.111. The Morgan fingerprint density at radius 2 is 1.79 bits per heavy atom. The Morgan fingerprint density at radius 1 is 1.11 bits per heavy atom. The summed E-state index contributed by atoms with van der Waals surface area (Å²) in [7, 11) is 0. The van der Waals surface area contributed by atoms with E-state index in [9.17, 15) is 0 Å². The Labute approximate surface area is 119 Å². The third-order valence-electron chi connectivity index (χ3n) is 3.35. The summed E-state index contributed by atoms with van der Waals surface area (Å²) >= 11 is 1.86. The molecule has 19 heavy (non-hydrogen) atoms. The maximum Gasteiger partial charge on any atom is 0.0314 e. The number of nitrogens with one attached hydrogen (secondary N) is 1. The van der Waals surface area contributed by atoms with Crippen molar-refractivity contribution in [3.05, 3.63) is 51.7 Å². The van der Waals surface area contributed by atoms with E-state index < -0.39 is 0 Å². The number of hydrogen-bond acceptors (Lipinski definition) is 3. The summed E-state index contributed by atoms with van der Waals surface area (Å²) in [6, 6.07) is 12.5. The standard InChI is InChI=1S/C16H22N2S/c1-12-4-9-15(19-12)10-18-11-16(2,3)13-5-7-14(17)8-6-13/h4-9,18H,10-11,17H2,1-3H3. The summed E-state index contributed by atoms with van der Waals surface area (Å²) in [5.74, 6) is 0. The third-order valence-corrected chi connectivity index (χ3v) is 4.36. The molecule has 0 spiro atoms. The van der Waals surface area contributed by atoms with Crippen molar-refractivity contribution >= 4 is 17.0 Å². The summed E-state index contributed by atoms with van der Waals surface area (Å²) in [6.07, 6.45) is 0. The quantitative estimate of drug-likeness (QED) is 0.816. The average Bonchev–Trinajstić information content (AvgIpc) is 2.75. The first kappa shape index (κ1) is 14.1. The first-order valence-electron chi connectivity index (χ1n) is 6.59. The molecule has 0 aliphatic rings. The SMILES string of the molecule is Cc1ccc(CNCC(C)(C)c2ccc(N)cc2)s1. The van der Waals surface area contributed by atoms with Crippen molar-refractivity contribution in [3.63, 3.8) is 0 Å². The molecule has 0 radical (unpaired) electrons. The first-order valence-corrected chi connectivity index (χ1v) is 7.41. The molecular weight excluding hydrogens is 252 g/mol. The third kappa shape index (κ3) is 3.82. The molecule has 1 aromatic heterocycles. The van der Waals surface area contributed by atoms with Crippen LogP contribution in [-0.2, 0) is 12.0 Å². The highest BCUT2D eigenvalue weighted by Crippen LogP contribution is 2.23. The molecule has 0 unspecified atom stereocenters. The molecule has 0 bridgehead atoms. The second kappa shape index (κ2) is 5.76. The van der Waals surface area contributed by atoms with Gasteiger partial charge in [0.25, 0.3) is 0 Å². The highest BCUT2D eigenvalue weighted by atomic mass is 32.1. The van der Waals surface area contributed by atoms with Gasteiger partial charge in [-0.15, -0.1) is 11.3 Å². The highest BCUT2D eigenvalue weighted by Gasteiger charge is 2.19. The molecule has 0 atom stereocenters. The van der Waals surface area contributed by atoms with Crippen LogP contribution >= 0.6 is 11.3 Å². The Kier molecular flexibility index (Phi) is 4.27. The molecule has 1 heterocycles. The van der Waals surface area contributed by atoms with Crippen LogP contribution in [0.15, 0.2) is 36.4 Å². The van der Waals surface area contributed by atoms with Gasteiger partial charge in [0.1, 0.15) is 0 Å². The molecule has 0 aliphatic carbocycles. The lowest BCUT2D eigenvalue weighted by Crippen LogP contribution is -2.32. The van der Waals surface area contributed by atoms with E-state index >= 15 is 0 Å². The van der Waals surface area contributed by atoms with Gasteiger partial charge in [-0.3, -0.25) is 0 Å². The van der Waals surface area contributed by atoms with Crippen molar-refractivity contribution in [2.24, 2.45) is 0 Å². The predicted octanol–water partition coefficient (Wildman–Crippen LogP) is 3.71. The lowest BCUT2D eigenvalue weighted by atomic mass is 9.84. The Bertz CT molecular complexity index is 526. The van der Waals surface area contributed by atoms with Crippen molar-refractivity contribution in [2.45, 2.75) is 32.7 Å². The van der Waals surface area contributed by atoms with Crippen LogP contribution in [0.2, 0.25) is 0 Å². The Hall–Kier alpha value is -1.32. The molecule has 2 nitrogen and oxygen atoms in total. The number of benzene rings is 1. The van der Waals surface area contributed by atoms with Crippen molar-refractivity contribution in [1.82, 2.24) is 5.32 Å². The molecule has 0 aliphatic heterocycles. The molecule has 1 aromatic carbocycles. The first-order chi connectivity index (χ1) is 8.97. The molecule has 2 rings (SSSR count). The van der Waals surface area contributed by atoms with E-state index in [0.717, 1.165) is 18.8 Å².